The normalized spacial score (nSPS) is 11.5. The van der Waals surface area contributed by atoms with E-state index in [9.17, 15) is 4.79 Å². The largest absolute Gasteiger partial charge is 0.328 e. The van der Waals surface area contributed by atoms with Crippen molar-refractivity contribution in [3.05, 3.63) is 59.2 Å². The number of hydrogen-bond acceptors (Lipinski definition) is 2. The number of rotatable bonds is 3. The molecule has 0 N–H and O–H groups in total. The second kappa shape index (κ2) is 4.42. The molecule has 0 radical (unpaired) electrons. The lowest BCUT2D eigenvalue weighted by Gasteiger charge is -2.03. The van der Waals surface area contributed by atoms with Gasteiger partial charge in [-0.25, -0.2) is 9.78 Å². The predicted molar refractivity (Wildman–Crippen MR) is 73.4 cm³/mol. The maximum atomic E-state index is 12.1. The molecular formula is C14H16N4O. The summed E-state index contributed by atoms with van der Waals surface area (Å²) in [7, 11) is 0. The van der Waals surface area contributed by atoms with Crippen LogP contribution in [0, 0.1) is 0 Å². The molecule has 0 amide bonds. The summed E-state index contributed by atoms with van der Waals surface area (Å²) in [6.07, 6.45) is 7.54. The van der Waals surface area contributed by atoms with E-state index in [1.54, 1.807) is 9.13 Å². The van der Waals surface area contributed by atoms with Crippen molar-refractivity contribution in [3.8, 4) is 0 Å². The molecule has 0 atom stereocenters. The van der Waals surface area contributed by atoms with Gasteiger partial charge in [-0.2, -0.15) is 0 Å². The molecule has 0 aliphatic heterocycles. The molecule has 0 saturated carbocycles. The van der Waals surface area contributed by atoms with Gasteiger partial charge in [0.15, 0.2) is 0 Å². The van der Waals surface area contributed by atoms with Crippen molar-refractivity contribution in [2.45, 2.75) is 26.4 Å². The first kappa shape index (κ1) is 11.8. The minimum atomic E-state index is 0.00653. The van der Waals surface area contributed by atoms with Crippen LogP contribution in [-0.2, 0) is 6.54 Å². The second-order valence-electron chi connectivity index (χ2n) is 4.91. The standard InChI is InChI=1S/C14H16N4O/c1-11(2)18-8-7-17(14(18)19)10-12-9-16-6-4-3-5-13(16)15-12/h3-9,11H,10H2,1-2H3. The molecule has 3 heterocycles. The second-order valence-corrected chi connectivity index (χ2v) is 4.91. The van der Waals surface area contributed by atoms with Crippen molar-refractivity contribution < 1.29 is 0 Å². The highest BCUT2D eigenvalue weighted by atomic mass is 16.1. The third kappa shape index (κ3) is 2.07. The van der Waals surface area contributed by atoms with Crippen molar-refractivity contribution in [3.63, 3.8) is 0 Å². The van der Waals surface area contributed by atoms with E-state index in [1.165, 1.54) is 0 Å². The van der Waals surface area contributed by atoms with Crippen LogP contribution in [-0.4, -0.2) is 18.5 Å². The van der Waals surface area contributed by atoms with Crippen molar-refractivity contribution in [1.29, 1.82) is 0 Å². The van der Waals surface area contributed by atoms with Gasteiger partial charge in [-0.3, -0.25) is 9.13 Å². The van der Waals surface area contributed by atoms with Gasteiger partial charge in [-0.05, 0) is 26.0 Å². The molecule has 5 heteroatoms. The first-order valence-electron chi connectivity index (χ1n) is 6.35. The van der Waals surface area contributed by atoms with Gasteiger partial charge in [0.25, 0.3) is 0 Å². The first-order chi connectivity index (χ1) is 9.15. The van der Waals surface area contributed by atoms with Crippen LogP contribution in [0.5, 0.6) is 0 Å². The number of fused-ring (bicyclic) bond motifs is 1. The van der Waals surface area contributed by atoms with Crippen LogP contribution in [0.1, 0.15) is 25.6 Å². The van der Waals surface area contributed by atoms with Gasteiger partial charge in [0.1, 0.15) is 5.65 Å². The summed E-state index contributed by atoms with van der Waals surface area (Å²) >= 11 is 0. The van der Waals surface area contributed by atoms with Gasteiger partial charge in [0.05, 0.1) is 12.2 Å². The fraction of sp³-hybridized carbons (Fsp3) is 0.286. The molecule has 5 nitrogen and oxygen atoms in total. The zero-order valence-electron chi connectivity index (χ0n) is 11.0. The van der Waals surface area contributed by atoms with E-state index < -0.39 is 0 Å². The number of nitrogens with zero attached hydrogens (tertiary/aromatic N) is 4. The average molecular weight is 256 g/mol. The van der Waals surface area contributed by atoms with E-state index in [0.29, 0.717) is 6.54 Å². The van der Waals surface area contributed by atoms with Crippen molar-refractivity contribution in [1.82, 2.24) is 18.5 Å². The van der Waals surface area contributed by atoms with E-state index in [-0.39, 0.29) is 11.7 Å². The molecule has 0 aliphatic rings. The molecule has 0 unspecified atom stereocenters. The molecule has 19 heavy (non-hydrogen) atoms. The summed E-state index contributed by atoms with van der Waals surface area (Å²) in [4.78, 5) is 16.6. The van der Waals surface area contributed by atoms with Crippen LogP contribution in [0.3, 0.4) is 0 Å². The molecule has 0 saturated heterocycles. The summed E-state index contributed by atoms with van der Waals surface area (Å²) in [5, 5.41) is 0. The zero-order valence-corrected chi connectivity index (χ0v) is 11.0. The van der Waals surface area contributed by atoms with E-state index in [0.717, 1.165) is 11.3 Å². The van der Waals surface area contributed by atoms with Gasteiger partial charge >= 0.3 is 5.69 Å². The molecular weight excluding hydrogens is 240 g/mol. The summed E-state index contributed by atoms with van der Waals surface area (Å²) in [5.74, 6) is 0. The van der Waals surface area contributed by atoms with Crippen molar-refractivity contribution >= 4 is 5.65 Å². The van der Waals surface area contributed by atoms with Gasteiger partial charge in [0, 0.05) is 30.8 Å². The van der Waals surface area contributed by atoms with Crippen LogP contribution in [0.15, 0.2) is 47.8 Å². The fourth-order valence-corrected chi connectivity index (χ4v) is 2.18. The highest BCUT2D eigenvalue weighted by Gasteiger charge is 2.08. The molecule has 0 aromatic carbocycles. The Morgan fingerprint density at radius 1 is 1.21 bits per heavy atom. The average Bonchev–Trinajstić information content (AvgIpc) is 2.94. The molecule has 0 fully saturated rings. The Hall–Kier alpha value is -2.30. The molecule has 0 aliphatic carbocycles. The lowest BCUT2D eigenvalue weighted by atomic mass is 10.4. The number of imidazole rings is 2. The molecule has 3 aromatic heterocycles. The van der Waals surface area contributed by atoms with Gasteiger partial charge < -0.3 is 4.40 Å². The Bertz CT molecular complexity index is 730. The third-order valence-corrected chi connectivity index (χ3v) is 3.18. The maximum Gasteiger partial charge on any atom is 0.328 e. The van der Waals surface area contributed by atoms with Gasteiger partial charge in [-0.1, -0.05) is 6.07 Å². The van der Waals surface area contributed by atoms with Crippen LogP contribution in [0.25, 0.3) is 5.65 Å². The summed E-state index contributed by atoms with van der Waals surface area (Å²) in [6.45, 7) is 4.49. The quantitative estimate of drug-likeness (QED) is 0.718. The highest BCUT2D eigenvalue weighted by Crippen LogP contribution is 2.06. The van der Waals surface area contributed by atoms with Crippen LogP contribution in [0.4, 0.5) is 0 Å². The maximum absolute atomic E-state index is 12.1. The molecule has 98 valence electrons. The lowest BCUT2D eigenvalue weighted by Crippen LogP contribution is -2.25. The van der Waals surface area contributed by atoms with Gasteiger partial charge in [-0.15, -0.1) is 0 Å². The Morgan fingerprint density at radius 3 is 2.74 bits per heavy atom. The molecule has 3 rings (SSSR count). The fourth-order valence-electron chi connectivity index (χ4n) is 2.18. The van der Waals surface area contributed by atoms with Gasteiger partial charge in [0.2, 0.25) is 0 Å². The molecule has 3 aromatic rings. The third-order valence-electron chi connectivity index (χ3n) is 3.18. The Labute approximate surface area is 110 Å². The monoisotopic (exact) mass is 256 g/mol. The van der Waals surface area contributed by atoms with Crippen LogP contribution >= 0.6 is 0 Å². The Kier molecular flexibility index (Phi) is 2.74. The summed E-state index contributed by atoms with van der Waals surface area (Å²) in [6, 6.07) is 6.04. The Balaban J connectivity index is 1.95. The predicted octanol–water partition coefficient (Wildman–Crippen LogP) is 1.93. The minimum Gasteiger partial charge on any atom is -0.307 e. The first-order valence-corrected chi connectivity index (χ1v) is 6.35. The van der Waals surface area contributed by atoms with Crippen LogP contribution in [0.2, 0.25) is 0 Å². The van der Waals surface area contributed by atoms with E-state index in [4.69, 9.17) is 0 Å². The van der Waals surface area contributed by atoms with Crippen LogP contribution < -0.4 is 5.69 Å². The number of hydrogen-bond donors (Lipinski definition) is 0. The number of aromatic nitrogens is 4. The lowest BCUT2D eigenvalue weighted by molar-refractivity contribution is 0.560. The van der Waals surface area contributed by atoms with Crippen molar-refractivity contribution in [2.24, 2.45) is 0 Å². The number of pyridine rings is 1. The topological polar surface area (TPSA) is 44.2 Å². The smallest absolute Gasteiger partial charge is 0.307 e. The highest BCUT2D eigenvalue weighted by molar-refractivity contribution is 5.39. The SMILES string of the molecule is CC(C)n1ccn(Cc2cn3ccccc3n2)c1=O. The van der Waals surface area contributed by atoms with E-state index in [2.05, 4.69) is 4.98 Å². The Morgan fingerprint density at radius 2 is 2.05 bits per heavy atom. The summed E-state index contributed by atoms with van der Waals surface area (Å²) in [5.41, 5.74) is 1.79. The molecule has 0 bridgehead atoms. The van der Waals surface area contributed by atoms with Crippen molar-refractivity contribution in [2.75, 3.05) is 0 Å². The van der Waals surface area contributed by atoms with E-state index >= 15 is 0 Å². The zero-order chi connectivity index (χ0) is 13.4. The summed E-state index contributed by atoms with van der Waals surface area (Å²) < 4.78 is 5.36. The minimum absolute atomic E-state index is 0.00653. The molecule has 0 spiro atoms. The van der Waals surface area contributed by atoms with E-state index in [1.807, 2.05) is 61.2 Å².